The van der Waals surface area contributed by atoms with Gasteiger partial charge in [0.2, 0.25) is 0 Å². The Hall–Kier alpha value is -0.230. The van der Waals surface area contributed by atoms with Crippen molar-refractivity contribution in [2.24, 2.45) is 5.92 Å². The highest BCUT2D eigenvalue weighted by atomic mass is 35.5. The van der Waals surface area contributed by atoms with E-state index in [1.807, 2.05) is 0 Å². The standard InChI is InChI=1S/C15H25ClN4S/c16-15-14(17-18-21-15)12-20-9-5-13(6-10-20)11-19-7-3-1-2-4-8-19/h13H,1-12H2. The zero-order valence-corrected chi connectivity index (χ0v) is 14.2. The largest absolute Gasteiger partial charge is 0.303 e. The molecule has 21 heavy (non-hydrogen) atoms. The maximum absolute atomic E-state index is 6.09. The first-order chi connectivity index (χ1) is 10.3. The van der Waals surface area contributed by atoms with Gasteiger partial charge in [-0.2, -0.15) is 0 Å². The van der Waals surface area contributed by atoms with Gasteiger partial charge in [-0.05, 0) is 57.8 Å². The second-order valence-corrected chi connectivity index (χ2v) is 7.78. The average molecular weight is 329 g/mol. The van der Waals surface area contributed by atoms with Crippen LogP contribution in [-0.4, -0.2) is 52.1 Å². The molecule has 1 aromatic rings. The first-order valence-electron chi connectivity index (χ1n) is 8.22. The van der Waals surface area contributed by atoms with Gasteiger partial charge in [-0.1, -0.05) is 28.9 Å². The monoisotopic (exact) mass is 328 g/mol. The molecule has 0 unspecified atom stereocenters. The molecular formula is C15H25ClN4S. The molecule has 0 bridgehead atoms. The molecule has 0 atom stereocenters. The minimum Gasteiger partial charge on any atom is -0.303 e. The number of aromatic nitrogens is 2. The minimum atomic E-state index is 0.752. The van der Waals surface area contributed by atoms with Gasteiger partial charge in [0, 0.05) is 24.6 Å². The van der Waals surface area contributed by atoms with E-state index in [4.69, 9.17) is 11.6 Å². The number of hydrogen-bond acceptors (Lipinski definition) is 5. The highest BCUT2D eigenvalue weighted by Crippen LogP contribution is 2.24. The van der Waals surface area contributed by atoms with E-state index < -0.39 is 0 Å². The summed E-state index contributed by atoms with van der Waals surface area (Å²) in [7, 11) is 0. The minimum absolute atomic E-state index is 0.752. The summed E-state index contributed by atoms with van der Waals surface area (Å²) < 4.78 is 4.67. The van der Waals surface area contributed by atoms with Crippen molar-refractivity contribution in [2.45, 2.75) is 45.1 Å². The van der Waals surface area contributed by atoms with Crippen LogP contribution < -0.4 is 0 Å². The molecule has 2 fully saturated rings. The van der Waals surface area contributed by atoms with Gasteiger partial charge < -0.3 is 4.90 Å². The van der Waals surface area contributed by atoms with Crippen molar-refractivity contribution in [2.75, 3.05) is 32.7 Å². The Balaban J connectivity index is 1.41. The van der Waals surface area contributed by atoms with Crippen LogP contribution in [0.3, 0.4) is 0 Å². The molecule has 2 aliphatic rings. The SMILES string of the molecule is Clc1snnc1CN1CCC(CN2CCCCCC2)CC1. The number of halogens is 1. The van der Waals surface area contributed by atoms with Gasteiger partial charge >= 0.3 is 0 Å². The van der Waals surface area contributed by atoms with E-state index in [0.717, 1.165) is 22.5 Å². The molecule has 0 spiro atoms. The molecule has 3 rings (SSSR count). The average Bonchev–Trinajstić information content (AvgIpc) is 2.75. The Morgan fingerprint density at radius 3 is 2.33 bits per heavy atom. The summed E-state index contributed by atoms with van der Waals surface area (Å²) in [6.45, 7) is 7.16. The molecule has 2 aliphatic heterocycles. The molecule has 0 saturated carbocycles. The zero-order chi connectivity index (χ0) is 14.5. The molecule has 1 aromatic heterocycles. The smallest absolute Gasteiger partial charge is 0.138 e. The van der Waals surface area contributed by atoms with E-state index in [2.05, 4.69) is 19.4 Å². The molecule has 6 heteroatoms. The van der Waals surface area contributed by atoms with E-state index in [-0.39, 0.29) is 0 Å². The van der Waals surface area contributed by atoms with Gasteiger partial charge in [-0.15, -0.1) is 5.10 Å². The molecule has 118 valence electrons. The third-order valence-electron chi connectivity index (χ3n) is 4.80. The van der Waals surface area contributed by atoms with Crippen LogP contribution in [0.2, 0.25) is 4.34 Å². The van der Waals surface area contributed by atoms with Crippen molar-refractivity contribution >= 4 is 23.1 Å². The fourth-order valence-electron chi connectivity index (χ4n) is 3.51. The topological polar surface area (TPSA) is 32.3 Å². The highest BCUT2D eigenvalue weighted by molar-refractivity contribution is 7.10. The summed E-state index contributed by atoms with van der Waals surface area (Å²) in [5, 5.41) is 4.12. The van der Waals surface area contributed by atoms with Crippen LogP contribution in [0.15, 0.2) is 0 Å². The van der Waals surface area contributed by atoms with E-state index >= 15 is 0 Å². The van der Waals surface area contributed by atoms with Crippen LogP contribution in [0, 0.1) is 5.92 Å². The molecule has 0 N–H and O–H groups in total. The fourth-order valence-corrected chi connectivity index (χ4v) is 4.13. The number of nitrogens with zero attached hydrogens (tertiary/aromatic N) is 4. The van der Waals surface area contributed by atoms with Crippen molar-refractivity contribution < 1.29 is 0 Å². The number of piperidine rings is 1. The number of hydrogen-bond donors (Lipinski definition) is 0. The maximum atomic E-state index is 6.09. The predicted molar refractivity (Wildman–Crippen MR) is 87.8 cm³/mol. The number of likely N-dealkylation sites (tertiary alicyclic amines) is 2. The lowest BCUT2D eigenvalue weighted by Crippen LogP contribution is -2.38. The number of rotatable bonds is 4. The lowest BCUT2D eigenvalue weighted by molar-refractivity contribution is 0.139. The second kappa shape index (κ2) is 7.86. The predicted octanol–water partition coefficient (Wildman–Crippen LogP) is 3.28. The molecule has 0 aromatic carbocycles. The second-order valence-electron chi connectivity index (χ2n) is 6.43. The van der Waals surface area contributed by atoms with Crippen molar-refractivity contribution in [3.8, 4) is 0 Å². The zero-order valence-electron chi connectivity index (χ0n) is 12.6. The maximum Gasteiger partial charge on any atom is 0.138 e. The Bertz CT molecular complexity index is 423. The van der Waals surface area contributed by atoms with Gasteiger partial charge in [-0.3, -0.25) is 4.90 Å². The van der Waals surface area contributed by atoms with Crippen molar-refractivity contribution in [1.29, 1.82) is 0 Å². The van der Waals surface area contributed by atoms with Crippen molar-refractivity contribution in [1.82, 2.24) is 19.4 Å². The Morgan fingerprint density at radius 2 is 1.71 bits per heavy atom. The van der Waals surface area contributed by atoms with Gasteiger partial charge in [0.15, 0.2) is 0 Å². The Kier molecular flexibility index (Phi) is 5.86. The van der Waals surface area contributed by atoms with Crippen LogP contribution >= 0.6 is 23.1 Å². The van der Waals surface area contributed by atoms with Crippen molar-refractivity contribution in [3.05, 3.63) is 10.0 Å². The molecule has 3 heterocycles. The summed E-state index contributed by atoms with van der Waals surface area (Å²) in [4.78, 5) is 5.18. The molecule has 4 nitrogen and oxygen atoms in total. The summed E-state index contributed by atoms with van der Waals surface area (Å²) in [6.07, 6.45) is 8.27. The summed E-state index contributed by atoms with van der Waals surface area (Å²) in [5.74, 6) is 0.878. The quantitative estimate of drug-likeness (QED) is 0.849. The normalized spacial score (nSPS) is 23.3. The van der Waals surface area contributed by atoms with Crippen LogP contribution in [0.25, 0.3) is 0 Å². The fraction of sp³-hybridized carbons (Fsp3) is 0.867. The van der Waals surface area contributed by atoms with Crippen molar-refractivity contribution in [3.63, 3.8) is 0 Å². The van der Waals surface area contributed by atoms with E-state index in [9.17, 15) is 0 Å². The molecular weight excluding hydrogens is 304 g/mol. The van der Waals surface area contributed by atoms with Gasteiger partial charge in [0.05, 0.1) is 0 Å². The highest BCUT2D eigenvalue weighted by Gasteiger charge is 2.23. The molecule has 0 aliphatic carbocycles. The lowest BCUT2D eigenvalue weighted by Gasteiger charge is -2.34. The van der Waals surface area contributed by atoms with Crippen LogP contribution in [-0.2, 0) is 6.54 Å². The third-order valence-corrected chi connectivity index (χ3v) is 5.79. The summed E-state index contributed by atoms with van der Waals surface area (Å²) in [5.41, 5.74) is 0.952. The molecule has 0 amide bonds. The van der Waals surface area contributed by atoms with Crippen LogP contribution in [0.4, 0.5) is 0 Å². The van der Waals surface area contributed by atoms with Crippen LogP contribution in [0.5, 0.6) is 0 Å². The van der Waals surface area contributed by atoms with E-state index in [1.54, 1.807) is 0 Å². The van der Waals surface area contributed by atoms with E-state index in [1.165, 1.54) is 82.8 Å². The Morgan fingerprint density at radius 1 is 1.00 bits per heavy atom. The Labute approximate surface area is 136 Å². The van der Waals surface area contributed by atoms with Crippen LogP contribution in [0.1, 0.15) is 44.2 Å². The van der Waals surface area contributed by atoms with E-state index in [0.29, 0.717) is 0 Å². The first kappa shape index (κ1) is 15.7. The molecule has 0 radical (unpaired) electrons. The molecule has 2 saturated heterocycles. The lowest BCUT2D eigenvalue weighted by atomic mass is 9.96. The van der Waals surface area contributed by atoms with Gasteiger partial charge in [0.1, 0.15) is 10.0 Å². The third kappa shape index (κ3) is 4.62. The van der Waals surface area contributed by atoms with Gasteiger partial charge in [-0.25, -0.2) is 0 Å². The summed E-state index contributed by atoms with van der Waals surface area (Å²) in [6, 6.07) is 0. The first-order valence-corrected chi connectivity index (χ1v) is 9.38. The van der Waals surface area contributed by atoms with Gasteiger partial charge in [0.25, 0.3) is 0 Å². The summed E-state index contributed by atoms with van der Waals surface area (Å²) >= 11 is 7.38.